The van der Waals surface area contributed by atoms with Crippen LogP contribution in [0.15, 0.2) is 13.9 Å². The quantitative estimate of drug-likeness (QED) is 0.252. The highest BCUT2D eigenvalue weighted by Crippen LogP contribution is 2.13. The first-order valence-electron chi connectivity index (χ1n) is 5.13. The summed E-state index contributed by atoms with van der Waals surface area (Å²) in [4.78, 5) is 7.48. The van der Waals surface area contributed by atoms with Crippen LogP contribution in [0.25, 0.3) is 0 Å². The van der Waals surface area contributed by atoms with E-state index in [-0.39, 0.29) is 24.2 Å². The molecule has 0 fully saturated rings. The SMILES string of the molecule is NC(N)=Nc1nc(CSCC/C(N)=N/S(N)(=O)=O)no1. The van der Waals surface area contributed by atoms with Gasteiger partial charge in [-0.2, -0.15) is 30.2 Å². The summed E-state index contributed by atoms with van der Waals surface area (Å²) in [6.45, 7) is 0. The monoisotopic (exact) mass is 322 g/mol. The topological polar surface area (TPSA) is 202 Å². The Labute approximate surface area is 119 Å². The molecule has 0 saturated carbocycles. The van der Waals surface area contributed by atoms with Gasteiger partial charge in [0.05, 0.1) is 5.75 Å². The molecule has 0 bridgehead atoms. The Morgan fingerprint density at radius 2 is 2.05 bits per heavy atom. The van der Waals surface area contributed by atoms with Gasteiger partial charge in [0.1, 0.15) is 5.84 Å². The van der Waals surface area contributed by atoms with E-state index in [1.54, 1.807) is 0 Å². The molecular formula is C7H14N8O3S2. The number of nitrogens with two attached hydrogens (primary N) is 4. The second kappa shape index (κ2) is 7.06. The van der Waals surface area contributed by atoms with E-state index in [9.17, 15) is 8.42 Å². The summed E-state index contributed by atoms with van der Waals surface area (Å²) in [5, 5.41) is 8.35. The number of aliphatic imine (C=N–C) groups is 1. The fraction of sp³-hybridized carbons (Fsp3) is 0.429. The van der Waals surface area contributed by atoms with Crippen LogP contribution in [0, 0.1) is 0 Å². The Hall–Kier alpha value is -1.86. The Balaban J connectivity index is 2.37. The Morgan fingerprint density at radius 3 is 2.65 bits per heavy atom. The number of aromatic nitrogens is 2. The van der Waals surface area contributed by atoms with Crippen LogP contribution in [-0.4, -0.2) is 36.1 Å². The second-order valence-corrected chi connectivity index (χ2v) is 5.75. The first-order chi connectivity index (χ1) is 9.26. The minimum atomic E-state index is -3.95. The number of hydrogen-bond donors (Lipinski definition) is 4. The van der Waals surface area contributed by atoms with E-state index in [1.165, 1.54) is 11.8 Å². The van der Waals surface area contributed by atoms with Crippen molar-refractivity contribution in [2.45, 2.75) is 12.2 Å². The fourth-order valence-corrected chi connectivity index (χ4v) is 2.22. The standard InChI is InChI=1S/C7H14N8O3S2/c8-4(15-20(11,16)17)1-2-19-3-5-12-7(18-14-5)13-6(9)10/h1-3H2,(H2,8,15)(H2,11,16,17)(H4,9,10,12,13,14). The maximum atomic E-state index is 10.6. The summed E-state index contributed by atoms with van der Waals surface area (Å²) in [6.07, 6.45) is 0.264. The average molecular weight is 322 g/mol. The highest BCUT2D eigenvalue weighted by molar-refractivity contribution is 7.98. The minimum Gasteiger partial charge on any atom is -0.386 e. The number of hydrogen-bond acceptors (Lipinski definition) is 7. The molecule has 0 aliphatic rings. The van der Waals surface area contributed by atoms with E-state index in [0.29, 0.717) is 17.3 Å². The second-order valence-electron chi connectivity index (χ2n) is 3.43. The lowest BCUT2D eigenvalue weighted by Gasteiger charge is -1.98. The molecule has 0 atom stereocenters. The minimum absolute atomic E-state index is 0.0316. The van der Waals surface area contributed by atoms with Crippen molar-refractivity contribution in [3.63, 3.8) is 0 Å². The molecule has 1 heterocycles. The number of rotatable bonds is 7. The van der Waals surface area contributed by atoms with Crippen LogP contribution >= 0.6 is 11.8 Å². The molecule has 1 aromatic heterocycles. The summed E-state index contributed by atoms with van der Waals surface area (Å²) in [5.41, 5.74) is 15.7. The fourth-order valence-electron chi connectivity index (χ4n) is 1.01. The molecule has 11 nitrogen and oxygen atoms in total. The van der Waals surface area contributed by atoms with E-state index in [2.05, 4.69) is 19.5 Å². The van der Waals surface area contributed by atoms with E-state index in [0.717, 1.165) is 0 Å². The zero-order valence-corrected chi connectivity index (χ0v) is 11.9. The molecule has 0 aliphatic heterocycles. The van der Waals surface area contributed by atoms with Crippen LogP contribution in [0.5, 0.6) is 0 Å². The molecular weight excluding hydrogens is 308 g/mol. The third-order valence-corrected chi connectivity index (χ3v) is 3.10. The number of amidine groups is 1. The van der Waals surface area contributed by atoms with E-state index >= 15 is 0 Å². The molecule has 0 saturated heterocycles. The molecule has 13 heteroatoms. The molecule has 0 aliphatic carbocycles. The van der Waals surface area contributed by atoms with Crippen LogP contribution in [0.2, 0.25) is 0 Å². The Kier molecular flexibility index (Phi) is 5.72. The smallest absolute Gasteiger partial charge is 0.350 e. The lowest BCUT2D eigenvalue weighted by Crippen LogP contribution is -2.21. The largest absolute Gasteiger partial charge is 0.386 e. The van der Waals surface area contributed by atoms with Gasteiger partial charge >= 0.3 is 16.2 Å². The van der Waals surface area contributed by atoms with Gasteiger partial charge in [-0.1, -0.05) is 5.16 Å². The highest BCUT2D eigenvalue weighted by atomic mass is 32.2. The summed E-state index contributed by atoms with van der Waals surface area (Å²) in [7, 11) is -3.95. The van der Waals surface area contributed by atoms with Crippen LogP contribution < -0.4 is 22.3 Å². The van der Waals surface area contributed by atoms with Gasteiger partial charge in [0.15, 0.2) is 11.8 Å². The van der Waals surface area contributed by atoms with Crippen LogP contribution in [0.1, 0.15) is 12.2 Å². The molecule has 0 radical (unpaired) electrons. The Morgan fingerprint density at radius 1 is 1.35 bits per heavy atom. The first-order valence-corrected chi connectivity index (χ1v) is 7.79. The van der Waals surface area contributed by atoms with Gasteiger partial charge in [-0.05, 0) is 0 Å². The lowest BCUT2D eigenvalue weighted by atomic mass is 10.5. The van der Waals surface area contributed by atoms with Crippen molar-refractivity contribution < 1.29 is 12.9 Å². The summed E-state index contributed by atoms with van der Waals surface area (Å²) in [5.74, 6) is 1.09. The van der Waals surface area contributed by atoms with Crippen molar-refractivity contribution in [3.8, 4) is 0 Å². The number of thioether (sulfide) groups is 1. The normalized spacial score (nSPS) is 12.3. The summed E-state index contributed by atoms with van der Waals surface area (Å²) in [6, 6.07) is -0.0316. The van der Waals surface area contributed by atoms with Gasteiger partial charge in [-0.3, -0.25) is 0 Å². The molecule has 0 aromatic carbocycles. The molecule has 20 heavy (non-hydrogen) atoms. The zero-order chi connectivity index (χ0) is 15.2. The van der Waals surface area contributed by atoms with Crippen molar-refractivity contribution in [2.75, 3.05) is 5.75 Å². The summed E-state index contributed by atoms with van der Waals surface area (Å²) < 4.78 is 29.1. The van der Waals surface area contributed by atoms with Crippen molar-refractivity contribution >= 4 is 39.8 Å². The van der Waals surface area contributed by atoms with E-state index in [1.807, 2.05) is 0 Å². The van der Waals surface area contributed by atoms with Crippen molar-refractivity contribution in [3.05, 3.63) is 5.82 Å². The van der Waals surface area contributed by atoms with Gasteiger partial charge in [-0.25, -0.2) is 5.14 Å². The van der Waals surface area contributed by atoms with Gasteiger partial charge in [-0.15, -0.1) is 4.40 Å². The summed E-state index contributed by atoms with van der Waals surface area (Å²) >= 11 is 1.40. The molecule has 0 unspecified atom stereocenters. The van der Waals surface area contributed by atoms with Crippen molar-refractivity contribution in [1.82, 2.24) is 10.1 Å². The van der Waals surface area contributed by atoms with Gasteiger partial charge in [0, 0.05) is 12.2 Å². The molecule has 112 valence electrons. The highest BCUT2D eigenvalue weighted by Gasteiger charge is 2.06. The average Bonchev–Trinajstić information content (AvgIpc) is 2.68. The Bertz CT molecular complexity index is 603. The van der Waals surface area contributed by atoms with Gasteiger partial charge in [0.2, 0.25) is 0 Å². The first kappa shape index (κ1) is 16.2. The number of nitrogens with zero attached hydrogens (tertiary/aromatic N) is 4. The van der Waals surface area contributed by atoms with Crippen molar-refractivity contribution in [2.24, 2.45) is 31.7 Å². The third-order valence-electron chi connectivity index (χ3n) is 1.66. The number of guanidine groups is 1. The maximum absolute atomic E-state index is 10.6. The lowest BCUT2D eigenvalue weighted by molar-refractivity contribution is 0.423. The van der Waals surface area contributed by atoms with Crippen molar-refractivity contribution in [1.29, 1.82) is 0 Å². The predicted molar refractivity (Wildman–Crippen MR) is 75.3 cm³/mol. The molecule has 8 N–H and O–H groups in total. The molecule has 0 amide bonds. The molecule has 1 aromatic rings. The van der Waals surface area contributed by atoms with E-state index in [4.69, 9.17) is 26.9 Å². The van der Waals surface area contributed by atoms with E-state index < -0.39 is 10.2 Å². The zero-order valence-electron chi connectivity index (χ0n) is 10.3. The van der Waals surface area contributed by atoms with Gasteiger partial charge < -0.3 is 21.7 Å². The van der Waals surface area contributed by atoms with Gasteiger partial charge in [0.25, 0.3) is 0 Å². The van der Waals surface area contributed by atoms with Crippen LogP contribution in [0.4, 0.5) is 6.01 Å². The third kappa shape index (κ3) is 6.91. The maximum Gasteiger partial charge on any atom is 0.350 e. The molecule has 1 rings (SSSR count). The van der Waals surface area contributed by atoms with Crippen LogP contribution in [0.3, 0.4) is 0 Å². The predicted octanol–water partition coefficient (Wildman–Crippen LogP) is -1.84. The molecule has 0 spiro atoms. The van der Waals surface area contributed by atoms with Crippen LogP contribution in [-0.2, 0) is 16.0 Å².